The van der Waals surface area contributed by atoms with Gasteiger partial charge in [-0.15, -0.1) is 0 Å². The van der Waals surface area contributed by atoms with E-state index in [1.807, 2.05) is 0 Å². The lowest BCUT2D eigenvalue weighted by atomic mass is 9.95. The molecule has 10 heavy (non-hydrogen) atoms. The van der Waals surface area contributed by atoms with E-state index in [-0.39, 0.29) is 0 Å². The lowest BCUT2D eigenvalue weighted by Gasteiger charge is -2.10. The normalized spacial score (nSPS) is 45.1. The van der Waals surface area contributed by atoms with Gasteiger partial charge in [0.15, 0.2) is 7.85 Å². The predicted octanol–water partition coefficient (Wildman–Crippen LogP) is -0.886. The molecule has 0 aromatic carbocycles. The van der Waals surface area contributed by atoms with Crippen LogP contribution in [0.3, 0.4) is 0 Å². The van der Waals surface area contributed by atoms with Gasteiger partial charge >= 0.3 is 0 Å². The van der Waals surface area contributed by atoms with Crippen LogP contribution in [-0.4, -0.2) is 31.3 Å². The number of piperidine rings is 1. The quantitative estimate of drug-likeness (QED) is 0.361. The average Bonchev–Trinajstić information content (AvgIpc) is 2.32. The molecule has 2 aliphatic rings. The fourth-order valence-corrected chi connectivity index (χ4v) is 2.65. The Labute approximate surface area is 64.0 Å². The molecule has 3 atom stereocenters. The Bertz CT molecular complexity index is 175. The van der Waals surface area contributed by atoms with E-state index in [9.17, 15) is 4.79 Å². The topological polar surface area (TPSA) is 20.3 Å². The van der Waals surface area contributed by atoms with E-state index in [2.05, 4.69) is 14.1 Å². The first kappa shape index (κ1) is 6.81. The lowest BCUT2D eigenvalue weighted by molar-refractivity contribution is -0.113. The number of fused-ring (bicyclic) bond motifs is 1. The van der Waals surface area contributed by atoms with Crippen LogP contribution < -0.4 is 0 Å². The van der Waals surface area contributed by atoms with Crippen molar-refractivity contribution in [3.05, 3.63) is 0 Å². The van der Waals surface area contributed by atoms with E-state index < -0.39 is 0 Å². The highest BCUT2D eigenvalue weighted by molar-refractivity contribution is 7.13. The summed E-state index contributed by atoms with van der Waals surface area (Å²) in [7, 11) is 4.42. The minimum absolute atomic E-state index is 0.396. The summed E-state index contributed by atoms with van der Waals surface area (Å²) in [5, 5.41) is 0. The van der Waals surface area contributed by atoms with E-state index in [1.165, 1.54) is 0 Å². The second-order valence-corrected chi connectivity index (χ2v) is 4.15. The molecule has 1 aliphatic heterocycles. The molecule has 0 N–H and O–H groups in total. The maximum absolute atomic E-state index is 10.9. The van der Waals surface area contributed by atoms with Gasteiger partial charge in [-0.25, -0.2) is 0 Å². The van der Waals surface area contributed by atoms with Gasteiger partial charge in [-0.2, -0.15) is 0 Å². The lowest BCUT2D eigenvalue weighted by Crippen LogP contribution is -2.16. The third-order valence-corrected chi connectivity index (χ3v) is 3.11. The summed E-state index contributed by atoms with van der Waals surface area (Å²) < 4.78 is 2.23. The summed E-state index contributed by atoms with van der Waals surface area (Å²) >= 11 is 0. The van der Waals surface area contributed by atoms with Crippen LogP contribution in [0.4, 0.5) is 0 Å². The highest BCUT2D eigenvalue weighted by Crippen LogP contribution is 2.52. The van der Waals surface area contributed by atoms with Gasteiger partial charge in [0.25, 0.3) is 0 Å². The van der Waals surface area contributed by atoms with E-state index in [0.29, 0.717) is 23.4 Å². The summed E-state index contributed by atoms with van der Waals surface area (Å²) in [6.07, 6.45) is 0. The van der Waals surface area contributed by atoms with Gasteiger partial charge < -0.3 is 4.79 Å². The number of nitrogens with zero attached hydrogens (tertiary/aromatic N) is 1. The first-order valence-electron chi connectivity index (χ1n) is 3.70. The number of rotatable bonds is 1. The zero-order chi connectivity index (χ0) is 7.30. The molecule has 0 amide bonds. The van der Waals surface area contributed by atoms with Crippen LogP contribution in [0.2, 0.25) is 0 Å². The molecule has 0 radical (unpaired) electrons. The van der Waals surface area contributed by atoms with Gasteiger partial charge in [0.2, 0.25) is 0 Å². The van der Waals surface area contributed by atoms with Crippen LogP contribution in [0.1, 0.15) is 0 Å². The zero-order valence-corrected chi connectivity index (χ0v) is 7.23. The second-order valence-electron chi connectivity index (χ2n) is 3.42. The van der Waals surface area contributed by atoms with Gasteiger partial charge in [0.05, 0.1) is 5.68 Å². The summed E-state index contributed by atoms with van der Waals surface area (Å²) in [5.74, 6) is 1.83. The van der Waals surface area contributed by atoms with E-state index in [0.717, 1.165) is 13.1 Å². The van der Waals surface area contributed by atoms with E-state index >= 15 is 0 Å². The molecular formula is C6H11BNOP. The third-order valence-electron chi connectivity index (χ3n) is 2.69. The molecule has 54 valence electrons. The maximum Gasteiger partial charge on any atom is 0.187 e. The van der Waals surface area contributed by atoms with Crippen molar-refractivity contribution in [2.45, 2.75) is 0 Å². The van der Waals surface area contributed by atoms with Crippen LogP contribution >= 0.6 is 9.39 Å². The van der Waals surface area contributed by atoms with Crippen molar-refractivity contribution in [1.29, 1.82) is 0 Å². The third kappa shape index (κ3) is 0.843. The Morgan fingerprint density at radius 3 is 2.40 bits per heavy atom. The van der Waals surface area contributed by atoms with Crippen molar-refractivity contribution in [2.75, 3.05) is 13.1 Å². The fraction of sp³-hybridized carbons (Fsp3) is 0.833. The molecule has 2 nitrogen and oxygen atoms in total. The summed E-state index contributed by atoms with van der Waals surface area (Å²) in [5.41, 5.74) is 0.396. The SMILES string of the molecule is BC(=O)C1C2CN(P)CC21. The molecule has 1 saturated carbocycles. The Hall–Kier alpha value is 0.125. The van der Waals surface area contributed by atoms with E-state index in [4.69, 9.17) is 0 Å². The minimum Gasteiger partial charge on any atom is -0.312 e. The average molecular weight is 155 g/mol. The van der Waals surface area contributed by atoms with Crippen LogP contribution in [0.25, 0.3) is 0 Å². The van der Waals surface area contributed by atoms with Crippen LogP contribution in [-0.2, 0) is 4.79 Å². The van der Waals surface area contributed by atoms with E-state index in [1.54, 1.807) is 7.85 Å². The molecule has 0 spiro atoms. The van der Waals surface area contributed by atoms with Gasteiger partial charge in [-0.1, -0.05) is 9.39 Å². The fourth-order valence-electron chi connectivity index (χ4n) is 2.16. The Balaban J connectivity index is 1.98. The molecule has 3 unspecified atom stereocenters. The monoisotopic (exact) mass is 155 g/mol. The molecule has 4 heteroatoms. The van der Waals surface area contributed by atoms with Gasteiger partial charge in [-0.05, 0) is 11.8 Å². The van der Waals surface area contributed by atoms with Gasteiger partial charge in [0.1, 0.15) is 0 Å². The number of hydrogen-bond acceptors (Lipinski definition) is 2. The van der Waals surface area contributed by atoms with Crippen LogP contribution in [0.15, 0.2) is 0 Å². The molecule has 0 bridgehead atoms. The molecule has 1 heterocycles. The molecule has 2 rings (SSSR count). The maximum atomic E-state index is 10.9. The molecule has 0 aromatic rings. The van der Waals surface area contributed by atoms with Crippen molar-refractivity contribution in [3.8, 4) is 0 Å². The van der Waals surface area contributed by atoms with Crippen molar-refractivity contribution in [3.63, 3.8) is 0 Å². The van der Waals surface area contributed by atoms with Crippen molar-refractivity contribution < 1.29 is 4.79 Å². The summed E-state index contributed by atoms with van der Waals surface area (Å²) in [6.45, 7) is 2.22. The van der Waals surface area contributed by atoms with Crippen molar-refractivity contribution in [2.24, 2.45) is 17.8 Å². The van der Waals surface area contributed by atoms with Crippen LogP contribution in [0.5, 0.6) is 0 Å². The first-order chi connectivity index (χ1) is 4.70. The number of carbonyl (C=O) groups is 1. The summed E-state index contributed by atoms with van der Waals surface area (Å²) in [6, 6.07) is 0. The molecule has 1 saturated heterocycles. The smallest absolute Gasteiger partial charge is 0.187 e. The number of hydrogen-bond donors (Lipinski definition) is 0. The van der Waals surface area contributed by atoms with Gasteiger partial charge in [0, 0.05) is 19.0 Å². The van der Waals surface area contributed by atoms with Crippen LogP contribution in [0, 0.1) is 17.8 Å². The Kier molecular flexibility index (Phi) is 1.40. The first-order valence-corrected chi connectivity index (χ1v) is 4.22. The predicted molar refractivity (Wildman–Crippen MR) is 45.3 cm³/mol. The highest BCUT2D eigenvalue weighted by atomic mass is 31.0. The Morgan fingerprint density at radius 1 is 1.50 bits per heavy atom. The van der Waals surface area contributed by atoms with Gasteiger partial charge in [-0.3, -0.25) is 4.67 Å². The molecular weight excluding hydrogens is 144 g/mol. The second kappa shape index (κ2) is 2.05. The molecule has 1 aliphatic carbocycles. The zero-order valence-electron chi connectivity index (χ0n) is 6.08. The standard InChI is InChI=1S/C6H11BNOP/c7-6(9)5-3-1-8(10)2-4(3)5/h3-5H,1-2,7,10H2. The summed E-state index contributed by atoms with van der Waals surface area (Å²) in [4.78, 5) is 10.9. The Morgan fingerprint density at radius 2 is 2.00 bits per heavy atom. The largest absolute Gasteiger partial charge is 0.312 e. The molecule has 2 fully saturated rings. The minimum atomic E-state index is 0.396. The van der Waals surface area contributed by atoms with Crippen molar-refractivity contribution >= 4 is 22.9 Å². The highest BCUT2D eigenvalue weighted by Gasteiger charge is 2.56. The number of carbonyl (C=O) groups excluding carboxylic acids is 1. The van der Waals surface area contributed by atoms with Crippen molar-refractivity contribution in [1.82, 2.24) is 4.67 Å². The molecule has 0 aromatic heterocycles.